The monoisotopic (exact) mass is 281 g/mol. The summed E-state index contributed by atoms with van der Waals surface area (Å²) in [7, 11) is 0. The molecule has 1 aliphatic rings. The van der Waals surface area contributed by atoms with E-state index in [0.29, 0.717) is 11.8 Å². The first-order chi connectivity index (χ1) is 10.1. The first kappa shape index (κ1) is 14.2. The van der Waals surface area contributed by atoms with Gasteiger partial charge in [0.15, 0.2) is 0 Å². The maximum Gasteiger partial charge on any atom is 0.121 e. The number of phenols is 1. The van der Waals surface area contributed by atoms with Crippen LogP contribution in [0.2, 0.25) is 0 Å². The maximum absolute atomic E-state index is 9.84. The molecule has 0 heterocycles. The van der Waals surface area contributed by atoms with Crippen molar-refractivity contribution < 1.29 is 5.11 Å². The largest absolute Gasteiger partial charge is 0.507 e. The van der Waals surface area contributed by atoms with Crippen molar-refractivity contribution >= 4 is 0 Å². The van der Waals surface area contributed by atoms with Crippen molar-refractivity contribution in [2.75, 3.05) is 0 Å². The first-order valence-electron chi connectivity index (χ1n) is 7.73. The summed E-state index contributed by atoms with van der Waals surface area (Å²) in [5.41, 5.74) is 6.16. The molecular formula is C19H23NO. The van der Waals surface area contributed by atoms with E-state index >= 15 is 0 Å². The van der Waals surface area contributed by atoms with E-state index in [1.807, 2.05) is 13.8 Å². The molecule has 3 rings (SSSR count). The van der Waals surface area contributed by atoms with Crippen molar-refractivity contribution in [2.24, 2.45) is 0 Å². The van der Waals surface area contributed by atoms with E-state index in [9.17, 15) is 5.11 Å². The Hall–Kier alpha value is -1.80. The van der Waals surface area contributed by atoms with Crippen LogP contribution in [0, 0.1) is 13.8 Å². The smallest absolute Gasteiger partial charge is 0.121 e. The number of nitrogens with one attached hydrogen (secondary N) is 1. The zero-order valence-corrected chi connectivity index (χ0v) is 12.8. The van der Waals surface area contributed by atoms with Crippen LogP contribution >= 0.6 is 0 Å². The predicted octanol–water partition coefficient (Wildman–Crippen LogP) is 3.66. The number of hydrogen-bond donors (Lipinski definition) is 2. The molecule has 1 aliphatic carbocycles. The minimum absolute atomic E-state index is 0.422. The standard InChI is InChI=1S/C19H23NO/c1-13-9-15(10-14(2)19(13)21)12-20-18-8-7-16-5-3-4-6-17(16)11-18/h3-6,9-10,18,20-21H,7-8,11-12H2,1-2H3. The zero-order chi connectivity index (χ0) is 14.8. The molecule has 1 unspecified atom stereocenters. The molecule has 2 nitrogen and oxygen atoms in total. The van der Waals surface area contributed by atoms with Crippen molar-refractivity contribution in [1.82, 2.24) is 5.32 Å². The third kappa shape index (κ3) is 3.11. The van der Waals surface area contributed by atoms with Crippen LogP contribution in [0.15, 0.2) is 36.4 Å². The second-order valence-electron chi connectivity index (χ2n) is 6.17. The Balaban J connectivity index is 1.64. The Morgan fingerprint density at radius 3 is 2.48 bits per heavy atom. The number of aromatic hydroxyl groups is 1. The van der Waals surface area contributed by atoms with Gasteiger partial charge in [0.1, 0.15) is 5.75 Å². The summed E-state index contributed by atoms with van der Waals surface area (Å²) >= 11 is 0. The van der Waals surface area contributed by atoms with Crippen molar-refractivity contribution in [1.29, 1.82) is 0 Å². The highest BCUT2D eigenvalue weighted by atomic mass is 16.3. The molecule has 2 N–H and O–H groups in total. The van der Waals surface area contributed by atoms with Crippen LogP contribution < -0.4 is 5.32 Å². The van der Waals surface area contributed by atoms with Crippen molar-refractivity contribution in [3.05, 3.63) is 64.2 Å². The highest BCUT2D eigenvalue weighted by molar-refractivity contribution is 5.42. The van der Waals surface area contributed by atoms with Gasteiger partial charge >= 0.3 is 0 Å². The van der Waals surface area contributed by atoms with Gasteiger partial charge < -0.3 is 10.4 Å². The second-order valence-corrected chi connectivity index (χ2v) is 6.17. The van der Waals surface area contributed by atoms with Crippen LogP contribution in [-0.4, -0.2) is 11.1 Å². The number of rotatable bonds is 3. The van der Waals surface area contributed by atoms with Gasteiger partial charge in [0, 0.05) is 12.6 Å². The average molecular weight is 281 g/mol. The van der Waals surface area contributed by atoms with E-state index in [0.717, 1.165) is 24.1 Å². The first-order valence-corrected chi connectivity index (χ1v) is 7.73. The molecule has 0 aliphatic heterocycles. The molecule has 0 radical (unpaired) electrons. The Labute approximate surface area is 126 Å². The summed E-state index contributed by atoms with van der Waals surface area (Å²) in [5.74, 6) is 0.422. The third-order valence-corrected chi connectivity index (χ3v) is 4.49. The Kier molecular flexibility index (Phi) is 3.98. The quantitative estimate of drug-likeness (QED) is 0.900. The molecule has 110 valence electrons. The molecular weight excluding hydrogens is 258 g/mol. The van der Waals surface area contributed by atoms with Crippen molar-refractivity contribution in [3.63, 3.8) is 0 Å². The molecule has 2 heteroatoms. The summed E-state index contributed by atoms with van der Waals surface area (Å²) in [6.45, 7) is 4.79. The van der Waals surface area contributed by atoms with E-state index in [-0.39, 0.29) is 0 Å². The summed E-state index contributed by atoms with van der Waals surface area (Å²) in [6, 6.07) is 13.5. The van der Waals surface area contributed by atoms with Gasteiger partial charge in [-0.3, -0.25) is 0 Å². The van der Waals surface area contributed by atoms with E-state index in [2.05, 4.69) is 41.7 Å². The van der Waals surface area contributed by atoms with Crippen LogP contribution in [0.4, 0.5) is 0 Å². The van der Waals surface area contributed by atoms with Gasteiger partial charge in [0.05, 0.1) is 0 Å². The van der Waals surface area contributed by atoms with Gasteiger partial charge in [-0.05, 0) is 60.9 Å². The number of benzene rings is 2. The van der Waals surface area contributed by atoms with E-state index in [1.165, 1.54) is 29.5 Å². The lowest BCUT2D eigenvalue weighted by molar-refractivity contribution is 0.454. The molecule has 0 saturated carbocycles. The minimum Gasteiger partial charge on any atom is -0.507 e. The van der Waals surface area contributed by atoms with Gasteiger partial charge in [0.25, 0.3) is 0 Å². The molecule has 0 saturated heterocycles. The molecule has 1 atom stereocenters. The molecule has 0 bridgehead atoms. The second kappa shape index (κ2) is 5.90. The predicted molar refractivity (Wildman–Crippen MR) is 86.7 cm³/mol. The Morgan fingerprint density at radius 2 is 1.76 bits per heavy atom. The van der Waals surface area contributed by atoms with Gasteiger partial charge in [-0.2, -0.15) is 0 Å². The number of hydrogen-bond acceptors (Lipinski definition) is 2. The summed E-state index contributed by atoms with van der Waals surface area (Å²) in [4.78, 5) is 0. The highest BCUT2D eigenvalue weighted by Gasteiger charge is 2.17. The third-order valence-electron chi connectivity index (χ3n) is 4.49. The van der Waals surface area contributed by atoms with Crippen LogP contribution in [0.5, 0.6) is 5.75 Å². The number of fused-ring (bicyclic) bond motifs is 1. The Bertz CT molecular complexity index is 625. The maximum atomic E-state index is 9.84. The highest BCUT2D eigenvalue weighted by Crippen LogP contribution is 2.24. The summed E-state index contributed by atoms with van der Waals surface area (Å²) in [6.07, 6.45) is 3.49. The topological polar surface area (TPSA) is 32.3 Å². The molecule has 0 spiro atoms. The SMILES string of the molecule is Cc1cc(CNC2CCc3ccccc3C2)cc(C)c1O. The fraction of sp³-hybridized carbons (Fsp3) is 0.368. The van der Waals surface area contributed by atoms with E-state index < -0.39 is 0 Å². The number of aryl methyl sites for hydroxylation is 3. The summed E-state index contributed by atoms with van der Waals surface area (Å²) < 4.78 is 0. The fourth-order valence-electron chi connectivity index (χ4n) is 3.28. The van der Waals surface area contributed by atoms with E-state index in [1.54, 1.807) is 0 Å². The molecule has 0 aromatic heterocycles. The van der Waals surface area contributed by atoms with Crippen LogP contribution in [0.1, 0.15) is 34.2 Å². The van der Waals surface area contributed by atoms with Gasteiger partial charge in [-0.25, -0.2) is 0 Å². The molecule has 2 aromatic rings. The van der Waals surface area contributed by atoms with Crippen LogP contribution in [0.3, 0.4) is 0 Å². The molecule has 21 heavy (non-hydrogen) atoms. The number of phenolic OH excluding ortho intramolecular Hbond substituents is 1. The fourth-order valence-corrected chi connectivity index (χ4v) is 3.28. The molecule has 2 aromatic carbocycles. The molecule has 0 amide bonds. The van der Waals surface area contributed by atoms with Crippen molar-refractivity contribution in [2.45, 2.75) is 45.7 Å². The van der Waals surface area contributed by atoms with Gasteiger partial charge in [-0.15, -0.1) is 0 Å². The lowest BCUT2D eigenvalue weighted by atomic mass is 9.88. The molecule has 0 fully saturated rings. The zero-order valence-electron chi connectivity index (χ0n) is 12.8. The van der Waals surface area contributed by atoms with Crippen LogP contribution in [-0.2, 0) is 19.4 Å². The van der Waals surface area contributed by atoms with Crippen molar-refractivity contribution in [3.8, 4) is 5.75 Å². The van der Waals surface area contributed by atoms with Crippen LogP contribution in [0.25, 0.3) is 0 Å². The normalized spacial score (nSPS) is 17.5. The Morgan fingerprint density at radius 1 is 1.10 bits per heavy atom. The van der Waals surface area contributed by atoms with Gasteiger partial charge in [-0.1, -0.05) is 36.4 Å². The lowest BCUT2D eigenvalue weighted by Crippen LogP contribution is -2.34. The summed E-state index contributed by atoms with van der Waals surface area (Å²) in [5, 5.41) is 13.5. The van der Waals surface area contributed by atoms with Gasteiger partial charge in [0.2, 0.25) is 0 Å². The van der Waals surface area contributed by atoms with E-state index in [4.69, 9.17) is 0 Å². The minimum atomic E-state index is 0.422. The lowest BCUT2D eigenvalue weighted by Gasteiger charge is -2.25. The average Bonchev–Trinajstić information content (AvgIpc) is 2.50.